The Morgan fingerprint density at radius 1 is 1.28 bits per heavy atom. The predicted octanol–water partition coefficient (Wildman–Crippen LogP) is 1.22. The molecule has 1 aliphatic carbocycles. The number of benzene rings is 1. The molecule has 96 valence electrons. The lowest BCUT2D eigenvalue weighted by Gasteiger charge is -2.33. The zero-order valence-electron chi connectivity index (χ0n) is 10.9. The van der Waals surface area contributed by atoms with E-state index in [2.05, 4.69) is 36.5 Å². The van der Waals surface area contributed by atoms with Crippen LogP contribution in [0.2, 0.25) is 0 Å². The second-order valence-corrected chi connectivity index (χ2v) is 5.51. The predicted molar refractivity (Wildman–Crippen MR) is 71.4 cm³/mol. The third kappa shape index (κ3) is 2.15. The van der Waals surface area contributed by atoms with Gasteiger partial charge in [-0.15, -0.1) is 0 Å². The average molecular weight is 244 g/mol. The Morgan fingerprint density at radius 2 is 1.94 bits per heavy atom. The molecule has 0 spiro atoms. The number of fused-ring (bicyclic) bond motifs is 1. The maximum absolute atomic E-state index is 12.5. The van der Waals surface area contributed by atoms with Crippen LogP contribution in [0.25, 0.3) is 0 Å². The van der Waals surface area contributed by atoms with Crippen LogP contribution in [0.15, 0.2) is 24.3 Å². The lowest BCUT2D eigenvalue weighted by Crippen LogP contribution is -2.52. The quantitative estimate of drug-likeness (QED) is 0.805. The van der Waals surface area contributed by atoms with Crippen LogP contribution in [0.5, 0.6) is 0 Å². The third-order valence-corrected chi connectivity index (χ3v) is 4.08. The molecule has 0 radical (unpaired) electrons. The number of carbonyl (C=O) groups is 1. The fraction of sp³-hybridized carbons (Fsp3) is 0.533. The Labute approximate surface area is 108 Å². The highest BCUT2D eigenvalue weighted by Gasteiger charge is 2.31. The average Bonchev–Trinajstić information content (AvgIpc) is 2.81. The number of piperazine rings is 1. The van der Waals surface area contributed by atoms with Crippen LogP contribution >= 0.6 is 0 Å². The molecule has 2 aliphatic rings. The Balaban J connectivity index is 1.68. The van der Waals surface area contributed by atoms with Crippen LogP contribution < -0.4 is 5.32 Å². The molecule has 3 rings (SSSR count). The van der Waals surface area contributed by atoms with Crippen molar-refractivity contribution in [2.75, 3.05) is 19.6 Å². The van der Waals surface area contributed by atoms with Gasteiger partial charge in [0.2, 0.25) is 5.91 Å². The summed E-state index contributed by atoms with van der Waals surface area (Å²) < 4.78 is 0. The first-order valence-corrected chi connectivity index (χ1v) is 6.83. The highest BCUT2D eigenvalue weighted by atomic mass is 16.2. The van der Waals surface area contributed by atoms with Gasteiger partial charge in [-0.25, -0.2) is 0 Å². The standard InChI is InChI=1S/C15H20N2O/c1-11-10-17(7-6-16-11)15(18)14-8-12-4-2-3-5-13(12)9-14/h2-5,11,14,16H,6-10H2,1H3. The number of nitrogens with one attached hydrogen (secondary N) is 1. The molecule has 1 heterocycles. The van der Waals surface area contributed by atoms with E-state index in [0.717, 1.165) is 32.5 Å². The summed E-state index contributed by atoms with van der Waals surface area (Å²) in [5, 5.41) is 3.38. The molecule has 1 aromatic carbocycles. The zero-order valence-corrected chi connectivity index (χ0v) is 10.9. The molecule has 1 N–H and O–H groups in total. The molecule has 18 heavy (non-hydrogen) atoms. The van der Waals surface area contributed by atoms with E-state index in [4.69, 9.17) is 0 Å². The van der Waals surface area contributed by atoms with Gasteiger partial charge in [-0.1, -0.05) is 24.3 Å². The number of rotatable bonds is 1. The summed E-state index contributed by atoms with van der Waals surface area (Å²) in [7, 11) is 0. The second-order valence-electron chi connectivity index (χ2n) is 5.51. The maximum atomic E-state index is 12.5. The van der Waals surface area contributed by atoms with Crippen molar-refractivity contribution in [2.24, 2.45) is 5.92 Å². The van der Waals surface area contributed by atoms with Crippen molar-refractivity contribution in [1.82, 2.24) is 10.2 Å². The van der Waals surface area contributed by atoms with Gasteiger partial charge in [0.1, 0.15) is 0 Å². The molecule has 1 unspecified atom stereocenters. The van der Waals surface area contributed by atoms with Crippen LogP contribution in [-0.4, -0.2) is 36.5 Å². The number of nitrogens with zero attached hydrogens (tertiary/aromatic N) is 1. The van der Waals surface area contributed by atoms with Crippen molar-refractivity contribution in [3.05, 3.63) is 35.4 Å². The van der Waals surface area contributed by atoms with Crippen molar-refractivity contribution in [3.8, 4) is 0 Å². The third-order valence-electron chi connectivity index (χ3n) is 4.08. The van der Waals surface area contributed by atoms with Crippen LogP contribution in [0.3, 0.4) is 0 Å². The maximum Gasteiger partial charge on any atom is 0.226 e. The molecule has 0 aromatic heterocycles. The lowest BCUT2D eigenvalue weighted by molar-refractivity contribution is -0.136. The Bertz CT molecular complexity index is 433. The molecule has 1 atom stereocenters. The van der Waals surface area contributed by atoms with Gasteiger partial charge in [0.05, 0.1) is 0 Å². The molecule has 3 heteroatoms. The Hall–Kier alpha value is -1.35. The van der Waals surface area contributed by atoms with Gasteiger partial charge in [0.15, 0.2) is 0 Å². The van der Waals surface area contributed by atoms with Crippen molar-refractivity contribution in [2.45, 2.75) is 25.8 Å². The fourth-order valence-electron chi connectivity index (χ4n) is 3.12. The van der Waals surface area contributed by atoms with Crippen LogP contribution in [0.1, 0.15) is 18.1 Å². The summed E-state index contributed by atoms with van der Waals surface area (Å²) in [6.45, 7) is 4.77. The molecule has 1 saturated heterocycles. The molecular weight excluding hydrogens is 224 g/mol. The lowest BCUT2D eigenvalue weighted by atomic mass is 10.0. The molecule has 1 aliphatic heterocycles. The largest absolute Gasteiger partial charge is 0.340 e. The first-order chi connectivity index (χ1) is 8.74. The van der Waals surface area contributed by atoms with Gasteiger partial charge in [0, 0.05) is 31.6 Å². The molecule has 1 aromatic rings. The van der Waals surface area contributed by atoms with Crippen molar-refractivity contribution in [1.29, 1.82) is 0 Å². The van der Waals surface area contributed by atoms with E-state index in [1.165, 1.54) is 11.1 Å². The Morgan fingerprint density at radius 3 is 2.56 bits per heavy atom. The summed E-state index contributed by atoms with van der Waals surface area (Å²) in [6, 6.07) is 8.87. The molecule has 3 nitrogen and oxygen atoms in total. The topological polar surface area (TPSA) is 32.3 Å². The first kappa shape index (κ1) is 11.7. The van der Waals surface area contributed by atoms with E-state index in [1.54, 1.807) is 0 Å². The van der Waals surface area contributed by atoms with E-state index in [-0.39, 0.29) is 5.92 Å². The highest BCUT2D eigenvalue weighted by Crippen LogP contribution is 2.28. The van der Waals surface area contributed by atoms with E-state index in [1.807, 2.05) is 4.90 Å². The van der Waals surface area contributed by atoms with Gasteiger partial charge in [-0.05, 0) is 30.9 Å². The summed E-state index contributed by atoms with van der Waals surface area (Å²) in [4.78, 5) is 14.6. The van der Waals surface area contributed by atoms with E-state index in [0.29, 0.717) is 11.9 Å². The van der Waals surface area contributed by atoms with Crippen molar-refractivity contribution < 1.29 is 4.79 Å². The second kappa shape index (κ2) is 4.73. The normalized spacial score (nSPS) is 24.1. The molecule has 1 fully saturated rings. The monoisotopic (exact) mass is 244 g/mol. The number of hydrogen-bond donors (Lipinski definition) is 1. The van der Waals surface area contributed by atoms with Gasteiger partial charge in [0.25, 0.3) is 0 Å². The summed E-state index contributed by atoms with van der Waals surface area (Å²) in [6.07, 6.45) is 1.85. The first-order valence-electron chi connectivity index (χ1n) is 6.83. The van der Waals surface area contributed by atoms with Gasteiger partial charge >= 0.3 is 0 Å². The molecule has 0 bridgehead atoms. The van der Waals surface area contributed by atoms with Gasteiger partial charge in [-0.3, -0.25) is 4.79 Å². The van der Waals surface area contributed by atoms with E-state index >= 15 is 0 Å². The van der Waals surface area contributed by atoms with Crippen molar-refractivity contribution >= 4 is 5.91 Å². The van der Waals surface area contributed by atoms with Crippen molar-refractivity contribution in [3.63, 3.8) is 0 Å². The fourth-order valence-corrected chi connectivity index (χ4v) is 3.12. The number of carbonyl (C=O) groups excluding carboxylic acids is 1. The van der Waals surface area contributed by atoms with E-state index in [9.17, 15) is 4.79 Å². The molecular formula is C15H20N2O. The minimum Gasteiger partial charge on any atom is -0.340 e. The molecule has 1 amide bonds. The van der Waals surface area contributed by atoms with Gasteiger partial charge in [-0.2, -0.15) is 0 Å². The van der Waals surface area contributed by atoms with E-state index < -0.39 is 0 Å². The molecule has 0 saturated carbocycles. The summed E-state index contributed by atoms with van der Waals surface area (Å²) in [5.74, 6) is 0.521. The van der Waals surface area contributed by atoms with Crippen LogP contribution in [-0.2, 0) is 17.6 Å². The SMILES string of the molecule is CC1CN(C(=O)C2Cc3ccccc3C2)CCN1. The summed E-state index contributed by atoms with van der Waals surface area (Å²) in [5.41, 5.74) is 2.72. The zero-order chi connectivity index (χ0) is 12.5. The summed E-state index contributed by atoms with van der Waals surface area (Å²) >= 11 is 0. The minimum absolute atomic E-state index is 0.174. The highest BCUT2D eigenvalue weighted by molar-refractivity contribution is 5.80. The number of hydrogen-bond acceptors (Lipinski definition) is 2. The Kier molecular flexibility index (Phi) is 3.08. The number of amides is 1. The van der Waals surface area contributed by atoms with Crippen LogP contribution in [0.4, 0.5) is 0 Å². The van der Waals surface area contributed by atoms with Crippen LogP contribution in [0, 0.1) is 5.92 Å². The van der Waals surface area contributed by atoms with Gasteiger partial charge < -0.3 is 10.2 Å². The minimum atomic E-state index is 0.174. The smallest absolute Gasteiger partial charge is 0.226 e.